The van der Waals surface area contributed by atoms with Crippen LogP contribution in [0.2, 0.25) is 0 Å². The topological polar surface area (TPSA) is 132 Å². The number of esters is 1. The lowest BCUT2D eigenvalue weighted by Crippen LogP contribution is -2.76. The fourth-order valence-corrected chi connectivity index (χ4v) is 8.86. The number of aliphatic imine (C=N–C) groups is 1. The number of carbonyl (C=O) groups excluding carboxylic acids is 2. The minimum absolute atomic E-state index is 0.159. The van der Waals surface area contributed by atoms with E-state index >= 15 is 0 Å². The first-order chi connectivity index (χ1) is 24.7. The van der Waals surface area contributed by atoms with Crippen LogP contribution in [-0.2, 0) is 36.9 Å². The van der Waals surface area contributed by atoms with E-state index < -0.39 is 34.3 Å². The van der Waals surface area contributed by atoms with Crippen LogP contribution < -0.4 is 0 Å². The minimum atomic E-state index is -1.48. The normalized spacial score (nSPS) is 19.7. The van der Waals surface area contributed by atoms with Gasteiger partial charge >= 0.3 is 5.97 Å². The molecule has 13 heteroatoms. The average molecular weight is 741 g/mol. The predicted molar refractivity (Wildman–Crippen MR) is 203 cm³/mol. The van der Waals surface area contributed by atoms with E-state index in [1.165, 1.54) is 40.2 Å². The van der Waals surface area contributed by atoms with Crippen molar-refractivity contribution < 1.29 is 24.2 Å². The summed E-state index contributed by atoms with van der Waals surface area (Å²) in [6.45, 7) is 12.3. The molecule has 6 rings (SSSR count). The molecule has 2 aliphatic rings. The van der Waals surface area contributed by atoms with E-state index in [1.807, 2.05) is 114 Å². The van der Waals surface area contributed by atoms with E-state index in [-0.39, 0.29) is 22.3 Å². The number of phenols is 1. The number of thioether (sulfide) groups is 2. The molecule has 0 saturated carbocycles. The number of tetrazole rings is 1. The van der Waals surface area contributed by atoms with Crippen LogP contribution in [0.3, 0.4) is 0 Å². The van der Waals surface area contributed by atoms with Gasteiger partial charge < -0.3 is 14.6 Å². The van der Waals surface area contributed by atoms with Gasteiger partial charge in [-0.3, -0.25) is 14.7 Å². The Morgan fingerprint density at radius 1 is 1.02 bits per heavy atom. The molecule has 11 nitrogen and oxygen atoms in total. The predicted octanol–water partition coefficient (Wildman–Crippen LogP) is 6.57. The van der Waals surface area contributed by atoms with Gasteiger partial charge in [0.25, 0.3) is 5.91 Å². The minimum Gasteiger partial charge on any atom is -0.507 e. The summed E-state index contributed by atoms with van der Waals surface area (Å²) < 4.78 is 13.8. The smallest absolute Gasteiger partial charge is 0.355 e. The van der Waals surface area contributed by atoms with Crippen LogP contribution in [0.1, 0.15) is 75.5 Å². The van der Waals surface area contributed by atoms with Gasteiger partial charge in [0, 0.05) is 37.3 Å². The lowest BCUT2D eigenvalue weighted by atomic mass is 9.78. The lowest BCUT2D eigenvalue weighted by molar-refractivity contribution is -0.161. The summed E-state index contributed by atoms with van der Waals surface area (Å²) in [6.07, 6.45) is 2.73. The van der Waals surface area contributed by atoms with E-state index in [2.05, 4.69) is 15.5 Å². The quantitative estimate of drug-likeness (QED) is 0.0627. The maximum Gasteiger partial charge on any atom is 0.355 e. The molecular formula is C39H44N6O5S2. The number of benzene rings is 3. The molecule has 2 aliphatic heterocycles. The second-order valence-electron chi connectivity index (χ2n) is 14.9. The maximum atomic E-state index is 14.8. The summed E-state index contributed by atoms with van der Waals surface area (Å²) in [5, 5.41) is 23.0. The summed E-state index contributed by atoms with van der Waals surface area (Å²) in [7, 11) is 3.23. The van der Waals surface area contributed by atoms with E-state index in [1.54, 1.807) is 19.3 Å². The van der Waals surface area contributed by atoms with Crippen molar-refractivity contribution in [2.75, 3.05) is 12.9 Å². The number of aromatic nitrogens is 4. The number of hydrogen-bond acceptors (Lipinski definition) is 11. The van der Waals surface area contributed by atoms with E-state index in [4.69, 9.17) is 14.5 Å². The number of β-lactam (4-membered cyclic amide) rings is 1. The fourth-order valence-electron chi connectivity index (χ4n) is 6.41. The Hall–Kier alpha value is -4.46. The van der Waals surface area contributed by atoms with Crippen molar-refractivity contribution in [2.24, 2.45) is 12.0 Å². The second kappa shape index (κ2) is 14.5. The Balaban J connectivity index is 1.40. The molecule has 0 radical (unpaired) electrons. The van der Waals surface area contributed by atoms with Crippen molar-refractivity contribution in [1.29, 1.82) is 0 Å². The van der Waals surface area contributed by atoms with Gasteiger partial charge in [-0.15, -0.1) is 16.9 Å². The number of ether oxygens (including phenoxy) is 2. The number of aryl methyl sites for hydroxylation is 1. The zero-order valence-corrected chi connectivity index (χ0v) is 32.2. The zero-order valence-electron chi connectivity index (χ0n) is 30.6. The summed E-state index contributed by atoms with van der Waals surface area (Å²) in [6, 6.07) is 22.9. The molecule has 1 fully saturated rings. The van der Waals surface area contributed by atoms with Gasteiger partial charge in [0.1, 0.15) is 22.3 Å². The highest BCUT2D eigenvalue weighted by Gasteiger charge is 2.68. The third-order valence-corrected chi connectivity index (χ3v) is 11.7. The van der Waals surface area contributed by atoms with Crippen LogP contribution in [0.15, 0.2) is 94.7 Å². The lowest BCUT2D eigenvalue weighted by Gasteiger charge is -2.56. The Bertz CT molecular complexity index is 1930. The van der Waals surface area contributed by atoms with Gasteiger partial charge in [0.15, 0.2) is 6.10 Å². The largest absolute Gasteiger partial charge is 0.507 e. The molecule has 3 aromatic carbocycles. The highest BCUT2D eigenvalue weighted by Crippen LogP contribution is 2.52. The highest BCUT2D eigenvalue weighted by molar-refractivity contribution is 8.01. The van der Waals surface area contributed by atoms with Crippen LogP contribution in [-0.4, -0.2) is 77.5 Å². The number of methoxy groups -OCH3 is 1. The van der Waals surface area contributed by atoms with Crippen molar-refractivity contribution in [1.82, 2.24) is 25.1 Å². The van der Waals surface area contributed by atoms with Crippen molar-refractivity contribution >= 4 is 41.6 Å². The first-order valence-electron chi connectivity index (χ1n) is 17.0. The second-order valence-corrected chi connectivity index (χ2v) is 17.0. The Morgan fingerprint density at radius 2 is 1.60 bits per heavy atom. The zero-order chi connectivity index (χ0) is 37.4. The van der Waals surface area contributed by atoms with Crippen LogP contribution in [0, 0.1) is 0 Å². The molecule has 3 heterocycles. The molecular weight excluding hydrogens is 697 g/mol. The highest BCUT2D eigenvalue weighted by atomic mass is 32.2. The molecule has 1 saturated heterocycles. The monoisotopic (exact) mass is 740 g/mol. The Labute approximate surface area is 312 Å². The molecule has 272 valence electrons. The number of rotatable bonds is 10. The van der Waals surface area contributed by atoms with Crippen molar-refractivity contribution in [3.8, 4) is 5.75 Å². The van der Waals surface area contributed by atoms with Crippen molar-refractivity contribution in [3.05, 3.63) is 112 Å². The third-order valence-electron chi connectivity index (χ3n) is 9.14. The number of nitrogens with zero attached hydrogens (tertiary/aromatic N) is 6. The molecule has 0 unspecified atom stereocenters. The number of aromatic hydroxyl groups is 1. The Morgan fingerprint density at radius 3 is 2.10 bits per heavy atom. The fraction of sp³-hybridized carbons (Fsp3) is 0.385. The molecule has 0 aliphatic carbocycles. The molecule has 0 bridgehead atoms. The Kier molecular flexibility index (Phi) is 10.4. The third kappa shape index (κ3) is 7.01. The summed E-state index contributed by atoms with van der Waals surface area (Å²) in [5.41, 5.74) is 0.965. The summed E-state index contributed by atoms with van der Waals surface area (Å²) in [5.74, 6) is -0.346. The molecule has 52 heavy (non-hydrogen) atoms. The maximum absolute atomic E-state index is 14.8. The van der Waals surface area contributed by atoms with Crippen LogP contribution >= 0.6 is 23.5 Å². The van der Waals surface area contributed by atoms with Crippen molar-refractivity contribution in [3.63, 3.8) is 0 Å². The van der Waals surface area contributed by atoms with E-state index in [0.29, 0.717) is 10.9 Å². The van der Waals surface area contributed by atoms with Crippen LogP contribution in [0.4, 0.5) is 0 Å². The van der Waals surface area contributed by atoms with E-state index in [9.17, 15) is 14.7 Å². The standard InChI is InChI=1S/C39H44N6O5S2/c1-37(2,3)27-21-24(22-28(30(27)46)38(4,5)6)23-40-39(35(49-8)52-36-41-42-43-44(36)7)33(48)45-29(19-20-51-34(39)45)32(47)50-31(25-15-11-9-12-16-25)26-17-13-10-14-18-26/h9-19,21-23,31,34-35,46H,20H2,1-8H3/t34-,35+,39+/m0/s1. The van der Waals surface area contributed by atoms with Gasteiger partial charge in [-0.1, -0.05) is 102 Å². The summed E-state index contributed by atoms with van der Waals surface area (Å²) in [4.78, 5) is 35.4. The first kappa shape index (κ1) is 37.3. The molecule has 1 aromatic heterocycles. The molecule has 1 N–H and O–H groups in total. The summed E-state index contributed by atoms with van der Waals surface area (Å²) >= 11 is 2.67. The van der Waals surface area contributed by atoms with Gasteiger partial charge in [0.2, 0.25) is 10.7 Å². The average Bonchev–Trinajstić information content (AvgIpc) is 3.53. The number of carbonyl (C=O) groups is 2. The van der Waals surface area contributed by atoms with Gasteiger partial charge in [-0.25, -0.2) is 9.48 Å². The number of phenolic OH excluding ortho intramolecular Hbond substituents is 1. The van der Waals surface area contributed by atoms with Crippen LogP contribution in [0.25, 0.3) is 0 Å². The number of hydrogen-bond donors (Lipinski definition) is 1. The van der Waals surface area contributed by atoms with Gasteiger partial charge in [0.05, 0.1) is 0 Å². The van der Waals surface area contributed by atoms with E-state index in [0.717, 1.165) is 27.8 Å². The number of amides is 1. The molecule has 4 aromatic rings. The number of fused-ring (bicyclic) bond motifs is 1. The van der Waals surface area contributed by atoms with Gasteiger partial charge in [-0.2, -0.15) is 0 Å². The first-order valence-corrected chi connectivity index (χ1v) is 18.9. The van der Waals surface area contributed by atoms with Crippen molar-refractivity contribution in [2.45, 2.75) is 80.0 Å². The SMILES string of the molecule is CO[C@H](Sc1nnnn1C)[C@@]1(N=Cc2cc(C(C)(C)C)c(O)c(C(C)(C)C)c2)C(=O)N2C(C(=O)OC(c3ccccc3)c3ccccc3)=CCS[C@H]21. The van der Waals surface area contributed by atoms with Crippen LogP contribution in [0.5, 0.6) is 5.75 Å². The molecule has 3 atom stereocenters. The molecule has 1 amide bonds. The van der Waals surface area contributed by atoms with Gasteiger partial charge in [-0.05, 0) is 67.9 Å². The molecule has 0 spiro atoms.